The molecule has 0 fully saturated rings. The maximum absolute atomic E-state index is 12.6. The molecule has 184 valence electrons. The number of carbonyl (C=O) groups is 1. The van der Waals surface area contributed by atoms with Gasteiger partial charge in [0.1, 0.15) is 0 Å². The maximum atomic E-state index is 12.6. The van der Waals surface area contributed by atoms with E-state index in [-0.39, 0.29) is 11.9 Å². The molecular weight excluding hydrogens is 470 g/mol. The van der Waals surface area contributed by atoms with Gasteiger partial charge in [-0.2, -0.15) is 0 Å². The van der Waals surface area contributed by atoms with E-state index in [4.69, 9.17) is 21.6 Å². The number of halogens is 1. The Labute approximate surface area is 217 Å². The Morgan fingerprint density at radius 1 is 1.14 bits per heavy atom. The number of nitrogens with one attached hydrogen (secondary N) is 1. The lowest BCUT2D eigenvalue weighted by Gasteiger charge is -2.35. The van der Waals surface area contributed by atoms with Crippen molar-refractivity contribution >= 4 is 23.2 Å². The van der Waals surface area contributed by atoms with Gasteiger partial charge in [0.15, 0.2) is 0 Å². The van der Waals surface area contributed by atoms with Gasteiger partial charge >= 0.3 is 0 Å². The highest BCUT2D eigenvalue weighted by Gasteiger charge is 2.28. The van der Waals surface area contributed by atoms with Crippen molar-refractivity contribution in [1.82, 2.24) is 20.2 Å². The maximum Gasteiger partial charge on any atom is 0.253 e. The van der Waals surface area contributed by atoms with Crippen molar-refractivity contribution in [2.24, 2.45) is 4.99 Å². The largest absolute Gasteiger partial charge is 0.348 e. The molecule has 1 aromatic carbocycles. The molecule has 6 nitrogen and oxygen atoms in total. The van der Waals surface area contributed by atoms with E-state index < -0.39 is 0 Å². The van der Waals surface area contributed by atoms with Gasteiger partial charge in [-0.15, -0.1) is 0 Å². The van der Waals surface area contributed by atoms with Crippen LogP contribution in [-0.2, 0) is 19.5 Å². The Bertz CT molecular complexity index is 1320. The second kappa shape index (κ2) is 11.1. The second-order valence-corrected chi connectivity index (χ2v) is 9.85. The van der Waals surface area contributed by atoms with E-state index >= 15 is 0 Å². The monoisotopic (exact) mass is 499 g/mol. The minimum Gasteiger partial charge on any atom is -0.348 e. The van der Waals surface area contributed by atoms with Gasteiger partial charge in [0.2, 0.25) is 0 Å². The lowest BCUT2D eigenvalue weighted by molar-refractivity contribution is 0.0951. The number of carbonyl (C=O) groups excluding carboxylic acids is 1. The van der Waals surface area contributed by atoms with Crippen molar-refractivity contribution in [2.75, 3.05) is 6.54 Å². The SMILES string of the molecule is CC1=CCC(CN(Cc2cccc(CNC(=O)c3ccncc3Cl)c2)C2CCCc3cccnc32)=N1. The van der Waals surface area contributed by atoms with Crippen molar-refractivity contribution in [2.45, 2.75) is 51.7 Å². The number of hydrogen-bond donors (Lipinski definition) is 1. The van der Waals surface area contributed by atoms with Gasteiger partial charge in [0.25, 0.3) is 5.91 Å². The molecule has 1 unspecified atom stereocenters. The van der Waals surface area contributed by atoms with Crippen LogP contribution in [0.4, 0.5) is 0 Å². The summed E-state index contributed by atoms with van der Waals surface area (Å²) in [5, 5.41) is 3.32. The van der Waals surface area contributed by atoms with Crippen molar-refractivity contribution < 1.29 is 4.79 Å². The van der Waals surface area contributed by atoms with E-state index in [2.05, 4.69) is 52.5 Å². The minimum atomic E-state index is -0.207. The molecule has 3 aromatic rings. The molecule has 5 rings (SSSR count). The van der Waals surface area contributed by atoms with Gasteiger partial charge in [0, 0.05) is 56.1 Å². The Morgan fingerprint density at radius 2 is 2.03 bits per heavy atom. The highest BCUT2D eigenvalue weighted by Crippen LogP contribution is 2.34. The van der Waals surface area contributed by atoms with Crippen LogP contribution in [0.1, 0.15) is 65.0 Å². The standard InChI is InChI=1S/C29H30ClN5O/c1-20-10-11-24(34-20)19-35(27-9-3-7-23-8-4-13-32-28(23)27)18-22-6-2-5-21(15-22)16-33-29(36)25-12-14-31-17-26(25)30/h2,4-6,8,10,12-15,17,27H,3,7,9,11,16,18-19H2,1H3,(H,33,36). The molecule has 3 heterocycles. The van der Waals surface area contributed by atoms with E-state index in [0.29, 0.717) is 17.1 Å². The molecule has 36 heavy (non-hydrogen) atoms. The fourth-order valence-corrected chi connectivity index (χ4v) is 5.27. The summed E-state index contributed by atoms with van der Waals surface area (Å²) >= 11 is 6.12. The molecule has 7 heteroatoms. The first kappa shape index (κ1) is 24.3. The molecular formula is C29H30ClN5O. The van der Waals surface area contributed by atoms with Gasteiger partial charge in [-0.25, -0.2) is 0 Å². The topological polar surface area (TPSA) is 70.5 Å². The average Bonchev–Trinajstić information content (AvgIpc) is 3.31. The fraction of sp³-hybridized carbons (Fsp3) is 0.310. The van der Waals surface area contributed by atoms with Crippen LogP contribution < -0.4 is 5.32 Å². The first-order chi connectivity index (χ1) is 17.6. The number of pyridine rings is 2. The van der Waals surface area contributed by atoms with Gasteiger partial charge in [-0.3, -0.25) is 24.7 Å². The van der Waals surface area contributed by atoms with Crippen LogP contribution in [0.3, 0.4) is 0 Å². The van der Waals surface area contributed by atoms with Gasteiger partial charge in [0.05, 0.1) is 22.3 Å². The summed E-state index contributed by atoms with van der Waals surface area (Å²) in [7, 11) is 0. The fourth-order valence-electron chi connectivity index (χ4n) is 5.07. The summed E-state index contributed by atoms with van der Waals surface area (Å²) < 4.78 is 0. The third kappa shape index (κ3) is 5.72. The number of hydrogen-bond acceptors (Lipinski definition) is 5. The van der Waals surface area contributed by atoms with E-state index in [1.165, 1.54) is 28.7 Å². The van der Waals surface area contributed by atoms with Gasteiger partial charge < -0.3 is 5.32 Å². The highest BCUT2D eigenvalue weighted by atomic mass is 35.5. The molecule has 1 atom stereocenters. The molecule has 2 aliphatic rings. The predicted molar refractivity (Wildman–Crippen MR) is 143 cm³/mol. The Hall–Kier alpha value is -3.35. The number of aromatic nitrogens is 2. The average molecular weight is 500 g/mol. The van der Waals surface area contributed by atoms with Gasteiger partial charge in [-0.1, -0.05) is 48.0 Å². The van der Waals surface area contributed by atoms with Crippen molar-refractivity contribution in [3.8, 4) is 0 Å². The summed E-state index contributed by atoms with van der Waals surface area (Å²) in [5.74, 6) is -0.207. The van der Waals surface area contributed by atoms with E-state index in [1.54, 1.807) is 12.3 Å². The second-order valence-electron chi connectivity index (χ2n) is 9.45. The van der Waals surface area contributed by atoms with Crippen LogP contribution >= 0.6 is 11.6 Å². The number of aryl methyl sites for hydroxylation is 1. The number of rotatable bonds is 8. The van der Waals surface area contributed by atoms with Crippen LogP contribution in [0.15, 0.2) is 77.8 Å². The molecule has 1 aliphatic carbocycles. The smallest absolute Gasteiger partial charge is 0.253 e. The molecule has 0 saturated heterocycles. The molecule has 1 aliphatic heterocycles. The number of aliphatic imine (C=N–C) groups is 1. The lowest BCUT2D eigenvalue weighted by Crippen LogP contribution is -2.35. The van der Waals surface area contributed by atoms with Crippen LogP contribution in [0.25, 0.3) is 0 Å². The Morgan fingerprint density at radius 3 is 2.86 bits per heavy atom. The van der Waals surface area contributed by atoms with Crippen molar-refractivity contribution in [3.05, 3.63) is 106 Å². The summed E-state index contributed by atoms with van der Waals surface area (Å²) in [5.41, 5.74) is 7.53. The minimum absolute atomic E-state index is 0.207. The number of amides is 1. The Kier molecular flexibility index (Phi) is 7.54. The van der Waals surface area contributed by atoms with Crippen molar-refractivity contribution in [3.63, 3.8) is 0 Å². The van der Waals surface area contributed by atoms with Crippen LogP contribution in [0.2, 0.25) is 5.02 Å². The third-order valence-corrected chi connectivity index (χ3v) is 7.11. The molecule has 0 bridgehead atoms. The summed E-state index contributed by atoms with van der Waals surface area (Å²) in [6.45, 7) is 4.09. The van der Waals surface area contributed by atoms with Crippen molar-refractivity contribution in [1.29, 1.82) is 0 Å². The number of allylic oxidation sites excluding steroid dienone is 2. The number of fused-ring (bicyclic) bond motifs is 1. The van der Waals surface area contributed by atoms with E-state index in [9.17, 15) is 4.79 Å². The first-order valence-electron chi connectivity index (χ1n) is 12.4. The summed E-state index contributed by atoms with van der Waals surface area (Å²) in [4.78, 5) is 28.6. The zero-order valence-electron chi connectivity index (χ0n) is 20.5. The number of benzene rings is 1. The normalized spacial score (nSPS) is 16.9. The molecule has 0 saturated carbocycles. The quantitative estimate of drug-likeness (QED) is 0.432. The summed E-state index contributed by atoms with van der Waals surface area (Å²) in [6.07, 6.45) is 11.4. The highest BCUT2D eigenvalue weighted by molar-refractivity contribution is 6.33. The predicted octanol–water partition coefficient (Wildman–Crippen LogP) is 5.69. The molecule has 2 aromatic heterocycles. The molecule has 1 N–H and O–H groups in total. The van der Waals surface area contributed by atoms with E-state index in [1.807, 2.05) is 18.3 Å². The van der Waals surface area contributed by atoms with Crippen LogP contribution in [-0.4, -0.2) is 33.0 Å². The zero-order valence-corrected chi connectivity index (χ0v) is 21.2. The molecule has 0 spiro atoms. The zero-order chi connectivity index (χ0) is 24.9. The molecule has 0 radical (unpaired) electrons. The lowest BCUT2D eigenvalue weighted by atomic mass is 9.90. The van der Waals surface area contributed by atoms with E-state index in [0.717, 1.165) is 50.0 Å². The van der Waals surface area contributed by atoms with Crippen LogP contribution in [0.5, 0.6) is 0 Å². The Balaban J connectivity index is 1.33. The molecule has 1 amide bonds. The number of nitrogens with zero attached hydrogens (tertiary/aromatic N) is 4. The first-order valence-corrected chi connectivity index (χ1v) is 12.8. The summed E-state index contributed by atoms with van der Waals surface area (Å²) in [6, 6.07) is 14.6. The van der Waals surface area contributed by atoms with Gasteiger partial charge in [-0.05, 0) is 55.0 Å². The van der Waals surface area contributed by atoms with Crippen LogP contribution in [0, 0.1) is 0 Å². The third-order valence-electron chi connectivity index (χ3n) is 6.81.